The maximum Gasteiger partial charge on any atom is 0.228 e. The van der Waals surface area contributed by atoms with Crippen molar-refractivity contribution in [2.75, 3.05) is 18.1 Å². The Hall–Kier alpha value is -1.87. The predicted octanol–water partition coefficient (Wildman–Crippen LogP) is 1.23. The van der Waals surface area contributed by atoms with Gasteiger partial charge in [0.1, 0.15) is 0 Å². The maximum absolute atomic E-state index is 12.1. The van der Waals surface area contributed by atoms with E-state index < -0.39 is 15.8 Å². The van der Waals surface area contributed by atoms with Crippen molar-refractivity contribution in [3.63, 3.8) is 0 Å². The lowest BCUT2D eigenvalue weighted by Crippen LogP contribution is -2.33. The van der Waals surface area contributed by atoms with E-state index in [0.29, 0.717) is 0 Å². The molecule has 1 aromatic carbocycles. The molecular weight excluding hydrogens is 276 g/mol. The Balaban J connectivity index is 2.65. The first-order valence-electron chi connectivity index (χ1n) is 6.40. The molecule has 1 amide bonds. The summed E-state index contributed by atoms with van der Waals surface area (Å²) in [7, 11) is -3.10. The Kier molecular flexibility index (Phi) is 6.19. The normalized spacial score (nSPS) is 12.4. The monoisotopic (exact) mass is 294 g/mol. The van der Waals surface area contributed by atoms with Crippen LogP contribution in [0.5, 0.6) is 0 Å². The summed E-state index contributed by atoms with van der Waals surface area (Å²) in [5, 5.41) is 11.4. The van der Waals surface area contributed by atoms with Gasteiger partial charge in [0.2, 0.25) is 5.91 Å². The van der Waals surface area contributed by atoms with Crippen molar-refractivity contribution in [2.24, 2.45) is 0 Å². The number of nitrogens with one attached hydrogen (secondary N) is 1. The fourth-order valence-corrected chi connectivity index (χ4v) is 2.44. The van der Waals surface area contributed by atoms with Crippen LogP contribution in [0.25, 0.3) is 0 Å². The molecule has 0 heterocycles. The van der Waals surface area contributed by atoms with Crippen molar-refractivity contribution in [3.05, 3.63) is 35.9 Å². The molecule has 1 N–H and O–H groups in total. The third-order valence-corrected chi connectivity index (χ3v) is 4.67. The van der Waals surface area contributed by atoms with E-state index >= 15 is 0 Å². The summed E-state index contributed by atoms with van der Waals surface area (Å²) in [5.74, 6) is -0.901. The zero-order valence-electron chi connectivity index (χ0n) is 11.4. The van der Waals surface area contributed by atoms with Crippen molar-refractivity contribution in [1.29, 1.82) is 5.26 Å². The van der Waals surface area contributed by atoms with Crippen LogP contribution in [0.4, 0.5) is 0 Å². The topological polar surface area (TPSA) is 87.0 Å². The zero-order chi connectivity index (χ0) is 15.0. The van der Waals surface area contributed by atoms with E-state index in [1.165, 1.54) is 0 Å². The van der Waals surface area contributed by atoms with Crippen LogP contribution in [0, 0.1) is 11.3 Å². The number of sulfone groups is 1. The SMILES string of the molecule is CCS(=O)(=O)CCNC(=O)C(CC#N)c1ccccc1. The van der Waals surface area contributed by atoms with E-state index in [2.05, 4.69) is 5.32 Å². The number of benzene rings is 1. The third-order valence-electron chi connectivity index (χ3n) is 2.97. The van der Waals surface area contributed by atoms with Gasteiger partial charge in [-0.2, -0.15) is 5.26 Å². The first-order chi connectivity index (χ1) is 9.50. The molecule has 0 saturated carbocycles. The van der Waals surface area contributed by atoms with Crippen molar-refractivity contribution in [1.82, 2.24) is 5.32 Å². The molecule has 0 aromatic heterocycles. The quantitative estimate of drug-likeness (QED) is 0.819. The Bertz CT molecular complexity index is 576. The highest BCUT2D eigenvalue weighted by Crippen LogP contribution is 2.18. The molecule has 1 atom stereocenters. The first kappa shape index (κ1) is 16.2. The highest BCUT2D eigenvalue weighted by molar-refractivity contribution is 7.91. The summed E-state index contributed by atoms with van der Waals surface area (Å²) in [6.45, 7) is 1.64. The van der Waals surface area contributed by atoms with Gasteiger partial charge < -0.3 is 5.32 Å². The van der Waals surface area contributed by atoms with E-state index in [-0.39, 0.29) is 30.4 Å². The molecule has 0 radical (unpaired) electrons. The molecule has 0 aliphatic heterocycles. The standard InChI is InChI=1S/C14H18N2O3S/c1-2-20(18,19)11-10-16-14(17)13(8-9-15)12-6-4-3-5-7-12/h3-7,13H,2,8,10-11H2,1H3,(H,16,17). The molecule has 1 unspecified atom stereocenters. The van der Waals surface area contributed by atoms with Gasteiger partial charge in [0.05, 0.1) is 24.2 Å². The smallest absolute Gasteiger partial charge is 0.228 e. The van der Waals surface area contributed by atoms with Crippen LogP contribution in [0.3, 0.4) is 0 Å². The molecule has 0 saturated heterocycles. The average molecular weight is 294 g/mol. The Morgan fingerprint density at radius 3 is 2.55 bits per heavy atom. The second kappa shape index (κ2) is 7.65. The van der Waals surface area contributed by atoms with E-state index in [1.54, 1.807) is 31.2 Å². The Labute approximate surface area is 119 Å². The first-order valence-corrected chi connectivity index (χ1v) is 8.22. The maximum atomic E-state index is 12.1. The lowest BCUT2D eigenvalue weighted by molar-refractivity contribution is -0.122. The average Bonchev–Trinajstić information content (AvgIpc) is 2.45. The number of carbonyl (C=O) groups excluding carboxylic acids is 1. The van der Waals surface area contributed by atoms with E-state index in [9.17, 15) is 13.2 Å². The molecule has 0 bridgehead atoms. The fourth-order valence-electron chi connectivity index (χ4n) is 1.74. The summed E-state index contributed by atoms with van der Waals surface area (Å²) in [5.41, 5.74) is 0.755. The van der Waals surface area contributed by atoms with Crippen LogP contribution >= 0.6 is 0 Å². The molecule has 0 fully saturated rings. The van der Waals surface area contributed by atoms with Crippen molar-refractivity contribution in [3.8, 4) is 6.07 Å². The van der Waals surface area contributed by atoms with Gasteiger partial charge in [0.15, 0.2) is 9.84 Å². The third kappa shape index (κ3) is 5.02. The molecule has 5 nitrogen and oxygen atoms in total. The second-order valence-corrected chi connectivity index (χ2v) is 6.83. The second-order valence-electron chi connectivity index (χ2n) is 4.35. The van der Waals surface area contributed by atoms with Crippen LogP contribution in [-0.2, 0) is 14.6 Å². The van der Waals surface area contributed by atoms with E-state index in [4.69, 9.17) is 5.26 Å². The van der Waals surface area contributed by atoms with Gasteiger partial charge in [-0.25, -0.2) is 8.42 Å². The molecule has 0 aliphatic carbocycles. The van der Waals surface area contributed by atoms with Gasteiger partial charge in [-0.15, -0.1) is 0 Å². The number of rotatable bonds is 7. The van der Waals surface area contributed by atoms with Crippen LogP contribution in [0.1, 0.15) is 24.8 Å². The van der Waals surface area contributed by atoms with Crippen LogP contribution in [0.2, 0.25) is 0 Å². The highest BCUT2D eigenvalue weighted by Gasteiger charge is 2.20. The molecule has 20 heavy (non-hydrogen) atoms. The van der Waals surface area contributed by atoms with Crippen molar-refractivity contribution >= 4 is 15.7 Å². The molecule has 0 aliphatic rings. The minimum Gasteiger partial charge on any atom is -0.355 e. The van der Waals surface area contributed by atoms with Gasteiger partial charge in [-0.3, -0.25) is 4.79 Å². The summed E-state index contributed by atoms with van der Waals surface area (Å²) in [6, 6.07) is 11.0. The van der Waals surface area contributed by atoms with Gasteiger partial charge in [0, 0.05) is 12.3 Å². The predicted molar refractivity (Wildman–Crippen MR) is 76.8 cm³/mol. The number of nitrogens with zero attached hydrogens (tertiary/aromatic N) is 1. The minimum absolute atomic E-state index is 0.0587. The lowest BCUT2D eigenvalue weighted by Gasteiger charge is -2.14. The zero-order valence-corrected chi connectivity index (χ0v) is 12.2. The number of carbonyl (C=O) groups is 1. The number of hydrogen-bond donors (Lipinski definition) is 1. The number of nitriles is 1. The number of hydrogen-bond acceptors (Lipinski definition) is 4. The van der Waals surface area contributed by atoms with E-state index in [0.717, 1.165) is 5.56 Å². The molecule has 0 spiro atoms. The molecular formula is C14H18N2O3S. The van der Waals surface area contributed by atoms with Gasteiger partial charge in [-0.05, 0) is 5.56 Å². The largest absolute Gasteiger partial charge is 0.355 e. The number of amides is 1. The van der Waals surface area contributed by atoms with E-state index in [1.807, 2.05) is 12.1 Å². The molecule has 1 rings (SSSR count). The molecule has 108 valence electrons. The Morgan fingerprint density at radius 2 is 2.00 bits per heavy atom. The summed E-state index contributed by atoms with van der Waals surface area (Å²) in [4.78, 5) is 12.1. The lowest BCUT2D eigenvalue weighted by atomic mass is 9.95. The van der Waals surface area contributed by atoms with Crippen LogP contribution in [0.15, 0.2) is 30.3 Å². The van der Waals surface area contributed by atoms with Crippen molar-refractivity contribution in [2.45, 2.75) is 19.3 Å². The summed E-state index contributed by atoms with van der Waals surface area (Å²) in [6.07, 6.45) is 0.0658. The highest BCUT2D eigenvalue weighted by atomic mass is 32.2. The molecule has 1 aromatic rings. The van der Waals surface area contributed by atoms with Gasteiger partial charge in [-0.1, -0.05) is 37.3 Å². The van der Waals surface area contributed by atoms with Crippen LogP contribution < -0.4 is 5.32 Å². The van der Waals surface area contributed by atoms with Gasteiger partial charge in [0.25, 0.3) is 0 Å². The fraction of sp³-hybridized carbons (Fsp3) is 0.429. The summed E-state index contributed by atoms with van der Waals surface area (Å²) >= 11 is 0. The summed E-state index contributed by atoms with van der Waals surface area (Å²) < 4.78 is 22.7. The minimum atomic E-state index is -3.10. The van der Waals surface area contributed by atoms with Crippen LogP contribution in [-0.4, -0.2) is 32.4 Å². The molecule has 6 heteroatoms. The Morgan fingerprint density at radius 1 is 1.35 bits per heavy atom. The van der Waals surface area contributed by atoms with Crippen molar-refractivity contribution < 1.29 is 13.2 Å². The van der Waals surface area contributed by atoms with Gasteiger partial charge >= 0.3 is 0 Å².